The molecule has 0 atom stereocenters. The predicted molar refractivity (Wildman–Crippen MR) is 48.7 cm³/mol. The zero-order chi connectivity index (χ0) is 9.26. The number of hydrogen-bond donors (Lipinski definition) is 1. The summed E-state index contributed by atoms with van der Waals surface area (Å²) in [5.41, 5.74) is 0. The molecule has 5 nitrogen and oxygen atoms in total. The molecule has 0 spiro atoms. The van der Waals surface area contributed by atoms with Gasteiger partial charge in [-0.1, -0.05) is 5.16 Å². The monoisotopic (exact) mass is 182 g/mol. The van der Waals surface area contributed by atoms with Gasteiger partial charge in [-0.2, -0.15) is 4.98 Å². The van der Waals surface area contributed by atoms with Gasteiger partial charge in [-0.25, -0.2) is 0 Å². The fourth-order valence-corrected chi connectivity index (χ4v) is 1.45. The minimum Gasteiger partial charge on any atom is -0.319 e. The quantitative estimate of drug-likeness (QED) is 0.722. The van der Waals surface area contributed by atoms with Crippen LogP contribution in [0.5, 0.6) is 0 Å². The molecule has 0 bridgehead atoms. The minimum absolute atomic E-state index is 0.518. The largest absolute Gasteiger partial charge is 0.324 e. The second kappa shape index (κ2) is 3.33. The molecule has 1 aromatic heterocycles. The second-order valence-corrected chi connectivity index (χ2v) is 3.22. The smallest absolute Gasteiger partial charge is 0.319 e. The normalized spacial score (nSPS) is 17.1. The van der Waals surface area contributed by atoms with Crippen molar-refractivity contribution in [2.24, 2.45) is 0 Å². The molecule has 1 aliphatic heterocycles. The molecular weight excluding hydrogens is 168 g/mol. The van der Waals surface area contributed by atoms with Crippen molar-refractivity contribution in [2.75, 3.05) is 24.5 Å². The van der Waals surface area contributed by atoms with Gasteiger partial charge >= 0.3 is 6.01 Å². The Morgan fingerprint density at radius 3 is 2.77 bits per heavy atom. The zero-order valence-corrected chi connectivity index (χ0v) is 7.95. The van der Waals surface area contributed by atoms with Crippen LogP contribution in [0.4, 0.5) is 6.01 Å². The van der Waals surface area contributed by atoms with E-state index in [-0.39, 0.29) is 0 Å². The summed E-state index contributed by atoms with van der Waals surface area (Å²) in [4.78, 5) is 6.34. The lowest BCUT2D eigenvalue weighted by Crippen LogP contribution is -2.57. The van der Waals surface area contributed by atoms with Crippen molar-refractivity contribution in [2.45, 2.75) is 19.9 Å². The Bertz CT molecular complexity index is 281. The van der Waals surface area contributed by atoms with E-state index in [9.17, 15) is 0 Å². The van der Waals surface area contributed by atoms with Crippen LogP contribution < -0.4 is 10.2 Å². The summed E-state index contributed by atoms with van der Waals surface area (Å²) in [6.07, 6.45) is 0. The Hall–Kier alpha value is -1.10. The van der Waals surface area contributed by atoms with Crippen LogP contribution in [0.3, 0.4) is 0 Å². The highest BCUT2D eigenvalue weighted by molar-refractivity contribution is 5.28. The molecule has 1 fully saturated rings. The van der Waals surface area contributed by atoms with E-state index in [0.717, 1.165) is 19.6 Å². The maximum atomic E-state index is 5.11. The molecule has 2 rings (SSSR count). The van der Waals surface area contributed by atoms with E-state index in [1.807, 2.05) is 6.92 Å². The van der Waals surface area contributed by atoms with Gasteiger partial charge in [0.25, 0.3) is 0 Å². The lowest BCUT2D eigenvalue weighted by molar-refractivity contribution is 0.359. The number of nitrogens with one attached hydrogen (secondary N) is 1. The molecule has 2 heterocycles. The van der Waals surface area contributed by atoms with Crippen molar-refractivity contribution in [3.8, 4) is 0 Å². The van der Waals surface area contributed by atoms with Gasteiger partial charge in [0.05, 0.1) is 6.04 Å². The third-order valence-corrected chi connectivity index (χ3v) is 2.30. The lowest BCUT2D eigenvalue weighted by atomic mass is 10.1. The number of aryl methyl sites for hydroxylation is 1. The van der Waals surface area contributed by atoms with Crippen molar-refractivity contribution < 1.29 is 4.52 Å². The highest BCUT2D eigenvalue weighted by atomic mass is 16.5. The average molecular weight is 182 g/mol. The first-order chi connectivity index (χ1) is 6.31. The Labute approximate surface area is 77.1 Å². The molecule has 5 heteroatoms. The third kappa shape index (κ3) is 1.51. The molecular formula is C8H14N4O. The fourth-order valence-electron chi connectivity index (χ4n) is 1.45. The summed E-state index contributed by atoms with van der Waals surface area (Å²) < 4.78 is 5.11. The SMILES string of the molecule is CCN(c1nc(C)no1)C1CNC1. The molecule has 0 amide bonds. The molecule has 1 aromatic rings. The summed E-state index contributed by atoms with van der Waals surface area (Å²) in [7, 11) is 0. The van der Waals surface area contributed by atoms with E-state index in [1.54, 1.807) is 0 Å². The third-order valence-electron chi connectivity index (χ3n) is 2.30. The van der Waals surface area contributed by atoms with Gasteiger partial charge in [0, 0.05) is 19.6 Å². The molecule has 0 aromatic carbocycles. The number of likely N-dealkylation sites (N-methyl/N-ethyl adjacent to an activating group) is 1. The van der Waals surface area contributed by atoms with Crippen LogP contribution in [0.1, 0.15) is 12.7 Å². The lowest BCUT2D eigenvalue weighted by Gasteiger charge is -2.36. The summed E-state index contributed by atoms with van der Waals surface area (Å²) in [6.45, 7) is 6.86. The molecule has 72 valence electrons. The van der Waals surface area contributed by atoms with E-state index in [2.05, 4.69) is 27.3 Å². The first kappa shape index (κ1) is 8.50. The molecule has 1 saturated heterocycles. The molecule has 0 saturated carbocycles. The van der Waals surface area contributed by atoms with Crippen molar-refractivity contribution in [1.82, 2.24) is 15.5 Å². The second-order valence-electron chi connectivity index (χ2n) is 3.22. The predicted octanol–water partition coefficient (Wildman–Crippen LogP) is 0.176. The van der Waals surface area contributed by atoms with E-state index in [1.165, 1.54) is 0 Å². The van der Waals surface area contributed by atoms with E-state index >= 15 is 0 Å². The maximum absolute atomic E-state index is 5.11. The standard InChI is InChI=1S/C8H14N4O/c1-3-12(7-4-9-5-7)8-10-6(2)11-13-8/h7,9H,3-5H2,1-2H3. The Balaban J connectivity index is 2.11. The van der Waals surface area contributed by atoms with Crippen LogP contribution in [0.25, 0.3) is 0 Å². The number of aromatic nitrogens is 2. The van der Waals surface area contributed by atoms with Crippen LogP contribution in [-0.2, 0) is 0 Å². The van der Waals surface area contributed by atoms with E-state index < -0.39 is 0 Å². The summed E-state index contributed by atoms with van der Waals surface area (Å²) in [5.74, 6) is 0.695. The minimum atomic E-state index is 0.518. The van der Waals surface area contributed by atoms with Crippen molar-refractivity contribution in [3.05, 3.63) is 5.82 Å². The Morgan fingerprint density at radius 2 is 2.38 bits per heavy atom. The van der Waals surface area contributed by atoms with Gasteiger partial charge in [0.15, 0.2) is 5.82 Å². The number of nitrogens with zero attached hydrogens (tertiary/aromatic N) is 3. The summed E-state index contributed by atoms with van der Waals surface area (Å²) in [6, 6.07) is 1.16. The first-order valence-electron chi connectivity index (χ1n) is 4.59. The van der Waals surface area contributed by atoms with Crippen LogP contribution in [-0.4, -0.2) is 35.8 Å². The van der Waals surface area contributed by atoms with Crippen molar-refractivity contribution in [1.29, 1.82) is 0 Å². The molecule has 0 radical (unpaired) electrons. The zero-order valence-electron chi connectivity index (χ0n) is 7.95. The number of rotatable bonds is 3. The Kier molecular flexibility index (Phi) is 2.18. The highest BCUT2D eigenvalue weighted by Crippen LogP contribution is 2.15. The molecule has 1 aliphatic rings. The maximum Gasteiger partial charge on any atom is 0.324 e. The molecule has 0 unspecified atom stereocenters. The molecule has 0 aliphatic carbocycles. The molecule has 1 N–H and O–H groups in total. The first-order valence-corrected chi connectivity index (χ1v) is 4.59. The summed E-state index contributed by atoms with van der Waals surface area (Å²) in [5, 5.41) is 7.00. The Morgan fingerprint density at radius 1 is 1.62 bits per heavy atom. The van der Waals surface area contributed by atoms with Gasteiger partial charge in [0.2, 0.25) is 0 Å². The van der Waals surface area contributed by atoms with Crippen molar-refractivity contribution >= 4 is 6.01 Å². The van der Waals surface area contributed by atoms with E-state index in [4.69, 9.17) is 4.52 Å². The van der Waals surface area contributed by atoms with Crippen LogP contribution in [0, 0.1) is 6.92 Å². The highest BCUT2D eigenvalue weighted by Gasteiger charge is 2.26. The van der Waals surface area contributed by atoms with Gasteiger partial charge < -0.3 is 14.7 Å². The van der Waals surface area contributed by atoms with Gasteiger partial charge in [-0.3, -0.25) is 0 Å². The topological polar surface area (TPSA) is 54.2 Å². The van der Waals surface area contributed by atoms with Crippen LogP contribution >= 0.6 is 0 Å². The van der Waals surface area contributed by atoms with Crippen LogP contribution in [0.2, 0.25) is 0 Å². The number of anilines is 1. The molecule has 13 heavy (non-hydrogen) atoms. The van der Waals surface area contributed by atoms with E-state index in [0.29, 0.717) is 17.9 Å². The van der Waals surface area contributed by atoms with Gasteiger partial charge in [-0.15, -0.1) is 0 Å². The van der Waals surface area contributed by atoms with Gasteiger partial charge in [-0.05, 0) is 13.8 Å². The average Bonchev–Trinajstić information content (AvgIpc) is 2.43. The van der Waals surface area contributed by atoms with Crippen molar-refractivity contribution in [3.63, 3.8) is 0 Å². The summed E-state index contributed by atoms with van der Waals surface area (Å²) >= 11 is 0. The van der Waals surface area contributed by atoms with Gasteiger partial charge in [0.1, 0.15) is 0 Å². The van der Waals surface area contributed by atoms with Crippen LogP contribution in [0.15, 0.2) is 4.52 Å². The fraction of sp³-hybridized carbons (Fsp3) is 0.750. The number of hydrogen-bond acceptors (Lipinski definition) is 5.